The molecule has 0 saturated carbocycles. The van der Waals surface area contributed by atoms with Crippen molar-refractivity contribution in [1.29, 1.82) is 0 Å². The number of imide groups is 2. The molecule has 3 fully saturated rings. The maximum absolute atomic E-state index is 15.9. The molecule has 16 nitrogen and oxygen atoms in total. The number of hydrogen-bond acceptors (Lipinski definition) is 11. The van der Waals surface area contributed by atoms with Gasteiger partial charge in [-0.3, -0.25) is 38.9 Å². The average molecular weight is 777 g/mol. The molecular formula is C40H41FN10O6. The Morgan fingerprint density at radius 3 is 2.61 bits per heavy atom. The van der Waals surface area contributed by atoms with Crippen LogP contribution in [0.3, 0.4) is 0 Å². The first-order valence-corrected chi connectivity index (χ1v) is 19.2. The van der Waals surface area contributed by atoms with E-state index in [0.29, 0.717) is 41.3 Å². The molecule has 5 amide bonds. The Hall–Kier alpha value is -6.23. The number of piperidine rings is 2. The van der Waals surface area contributed by atoms with E-state index in [2.05, 4.69) is 25.6 Å². The highest BCUT2D eigenvalue weighted by Crippen LogP contribution is 2.38. The molecule has 0 aliphatic carbocycles. The SMILES string of the molecule is CC(C)Oc1cc2nn(C3CCN(CCC4(F)CN(c5ccc6c(c5)C(=O)N(C5CCC(=O)NC5=O)C6=O)C4)CC3)cc2cc1NC(=O)c1cnn2cccnc12. The van der Waals surface area contributed by atoms with Crippen LogP contribution in [0.1, 0.15) is 83.1 Å². The molecule has 0 radical (unpaired) electrons. The number of hydrogen-bond donors (Lipinski definition) is 2. The van der Waals surface area contributed by atoms with E-state index in [-0.39, 0.29) is 55.1 Å². The van der Waals surface area contributed by atoms with E-state index in [1.165, 1.54) is 6.20 Å². The predicted octanol–water partition coefficient (Wildman–Crippen LogP) is 3.78. The number of amides is 5. The minimum Gasteiger partial charge on any atom is -0.489 e. The van der Waals surface area contributed by atoms with Gasteiger partial charge in [0.25, 0.3) is 17.7 Å². The third-order valence-electron chi connectivity index (χ3n) is 11.3. The second-order valence-electron chi connectivity index (χ2n) is 15.6. The molecule has 9 rings (SSSR count). The third kappa shape index (κ3) is 6.74. The van der Waals surface area contributed by atoms with Crippen LogP contribution < -0.4 is 20.3 Å². The zero-order valence-electron chi connectivity index (χ0n) is 31.5. The van der Waals surface area contributed by atoms with E-state index in [9.17, 15) is 24.0 Å². The molecule has 5 aromatic rings. The van der Waals surface area contributed by atoms with Crippen LogP contribution in [-0.2, 0) is 9.59 Å². The minimum absolute atomic E-state index is 0.0479. The van der Waals surface area contributed by atoms with Crippen LogP contribution in [0.25, 0.3) is 16.6 Å². The Bertz CT molecular complexity index is 2460. The molecule has 0 bridgehead atoms. The summed E-state index contributed by atoms with van der Waals surface area (Å²) >= 11 is 0. The van der Waals surface area contributed by atoms with Crippen LogP contribution in [0.2, 0.25) is 0 Å². The summed E-state index contributed by atoms with van der Waals surface area (Å²) in [5, 5.41) is 15.2. The van der Waals surface area contributed by atoms with E-state index in [0.717, 1.165) is 41.7 Å². The number of nitrogens with zero attached hydrogens (tertiary/aromatic N) is 8. The lowest BCUT2D eigenvalue weighted by Crippen LogP contribution is -2.60. The Morgan fingerprint density at radius 2 is 1.84 bits per heavy atom. The first-order valence-electron chi connectivity index (χ1n) is 19.2. The van der Waals surface area contributed by atoms with Gasteiger partial charge < -0.3 is 19.9 Å². The van der Waals surface area contributed by atoms with Crippen LogP contribution in [0, 0.1) is 0 Å². The maximum atomic E-state index is 15.9. The highest BCUT2D eigenvalue weighted by atomic mass is 19.1. The van der Waals surface area contributed by atoms with Crippen molar-refractivity contribution in [1.82, 2.24) is 39.5 Å². The molecule has 4 aliphatic rings. The molecule has 2 aromatic carbocycles. The number of alkyl halides is 1. The Kier molecular flexibility index (Phi) is 8.98. The normalized spacial score (nSPS) is 20.0. The zero-order valence-corrected chi connectivity index (χ0v) is 31.5. The van der Waals surface area contributed by atoms with Crippen molar-refractivity contribution in [3.63, 3.8) is 0 Å². The van der Waals surface area contributed by atoms with E-state index in [1.54, 1.807) is 41.2 Å². The predicted molar refractivity (Wildman–Crippen MR) is 205 cm³/mol. The van der Waals surface area contributed by atoms with Gasteiger partial charge in [0.2, 0.25) is 11.8 Å². The number of halogens is 1. The van der Waals surface area contributed by atoms with Gasteiger partial charge in [0.15, 0.2) is 5.65 Å². The van der Waals surface area contributed by atoms with Crippen molar-refractivity contribution in [2.45, 2.75) is 69.8 Å². The largest absolute Gasteiger partial charge is 0.489 e. The first kappa shape index (κ1) is 36.4. The fourth-order valence-corrected chi connectivity index (χ4v) is 8.28. The van der Waals surface area contributed by atoms with Crippen molar-refractivity contribution < 1.29 is 33.1 Å². The molecule has 294 valence electrons. The van der Waals surface area contributed by atoms with Gasteiger partial charge in [-0.1, -0.05) is 0 Å². The summed E-state index contributed by atoms with van der Waals surface area (Å²) in [5.74, 6) is -2.07. The summed E-state index contributed by atoms with van der Waals surface area (Å²) in [4.78, 5) is 73.0. The fourth-order valence-electron chi connectivity index (χ4n) is 8.28. The average Bonchev–Trinajstić information content (AvgIpc) is 3.87. The lowest BCUT2D eigenvalue weighted by Gasteiger charge is -2.47. The van der Waals surface area contributed by atoms with Gasteiger partial charge >= 0.3 is 0 Å². The van der Waals surface area contributed by atoms with Crippen LogP contribution in [0.4, 0.5) is 15.8 Å². The highest BCUT2D eigenvalue weighted by molar-refractivity contribution is 6.23. The Balaban J connectivity index is 0.796. The van der Waals surface area contributed by atoms with Gasteiger partial charge in [-0.15, -0.1) is 0 Å². The second kappa shape index (κ2) is 14.1. The number of fused-ring (bicyclic) bond motifs is 3. The summed E-state index contributed by atoms with van der Waals surface area (Å²) in [5.41, 5.74) is 1.71. The molecule has 1 unspecified atom stereocenters. The van der Waals surface area contributed by atoms with Gasteiger partial charge in [0, 0.05) is 61.8 Å². The van der Waals surface area contributed by atoms with Crippen molar-refractivity contribution in [2.24, 2.45) is 0 Å². The van der Waals surface area contributed by atoms with Gasteiger partial charge in [-0.2, -0.15) is 10.2 Å². The van der Waals surface area contributed by atoms with Crippen molar-refractivity contribution in [3.05, 3.63) is 77.9 Å². The number of ether oxygens (including phenoxy) is 1. The molecule has 3 aromatic heterocycles. The van der Waals surface area contributed by atoms with Crippen LogP contribution in [0.15, 0.2) is 61.2 Å². The van der Waals surface area contributed by atoms with E-state index >= 15 is 4.39 Å². The quantitative estimate of drug-likeness (QED) is 0.198. The lowest BCUT2D eigenvalue weighted by atomic mass is 9.90. The van der Waals surface area contributed by atoms with Crippen molar-refractivity contribution in [2.75, 3.05) is 42.9 Å². The van der Waals surface area contributed by atoms with Gasteiger partial charge in [0.05, 0.1) is 53.8 Å². The monoisotopic (exact) mass is 776 g/mol. The van der Waals surface area contributed by atoms with Gasteiger partial charge in [0.1, 0.15) is 23.0 Å². The summed E-state index contributed by atoms with van der Waals surface area (Å²) in [6.07, 6.45) is 8.88. The standard InChI is InChI=1S/C40H41FN10O6/c1-23(2)57-33-18-30-24(16-31(33)44-36(53)29-19-43-49-12-3-11-42-35(29)49)20-50(46-30)25-8-13-47(14-9-25)15-10-40(41)21-48(22-40)26-4-5-27-28(17-26)39(56)51(38(27)55)32-6-7-34(52)45-37(32)54/h3-5,11-12,16-20,23,25,32H,6-10,13-15,21-22H2,1-2H3,(H,44,53)(H,45,52,54). The minimum atomic E-state index is -1.39. The first-order chi connectivity index (χ1) is 27.4. The molecule has 0 spiro atoms. The molecule has 3 saturated heterocycles. The number of nitrogens with one attached hydrogen (secondary N) is 2. The lowest BCUT2D eigenvalue weighted by molar-refractivity contribution is -0.136. The van der Waals surface area contributed by atoms with Crippen LogP contribution in [0.5, 0.6) is 5.75 Å². The van der Waals surface area contributed by atoms with Crippen molar-refractivity contribution in [3.8, 4) is 5.75 Å². The van der Waals surface area contributed by atoms with Crippen molar-refractivity contribution >= 4 is 57.5 Å². The van der Waals surface area contributed by atoms with Gasteiger partial charge in [-0.25, -0.2) is 13.9 Å². The van der Waals surface area contributed by atoms with E-state index in [1.807, 2.05) is 41.8 Å². The van der Waals surface area contributed by atoms with E-state index in [4.69, 9.17) is 9.84 Å². The number of carbonyl (C=O) groups is 5. The smallest absolute Gasteiger partial charge is 0.262 e. The van der Waals surface area contributed by atoms with Crippen LogP contribution >= 0.6 is 0 Å². The third-order valence-corrected chi connectivity index (χ3v) is 11.3. The highest BCUT2D eigenvalue weighted by Gasteiger charge is 2.47. The zero-order chi connectivity index (χ0) is 39.6. The molecule has 4 aliphatic heterocycles. The summed E-state index contributed by atoms with van der Waals surface area (Å²) in [6.45, 7) is 6.38. The number of carbonyl (C=O) groups excluding carboxylic acids is 5. The van der Waals surface area contributed by atoms with E-state index < -0.39 is 35.3 Å². The number of benzene rings is 2. The molecular weight excluding hydrogens is 736 g/mol. The summed E-state index contributed by atoms with van der Waals surface area (Å²) in [7, 11) is 0. The van der Waals surface area contributed by atoms with Crippen LogP contribution in [-0.4, -0.2) is 114 Å². The topological polar surface area (TPSA) is 176 Å². The summed E-state index contributed by atoms with van der Waals surface area (Å²) in [6, 6.07) is 9.45. The maximum Gasteiger partial charge on any atom is 0.262 e. The number of aromatic nitrogens is 5. The molecule has 7 heterocycles. The number of likely N-dealkylation sites (tertiary alicyclic amines) is 1. The second-order valence-corrected chi connectivity index (χ2v) is 15.6. The molecule has 17 heteroatoms. The molecule has 1 atom stereocenters. The number of anilines is 2. The molecule has 2 N–H and O–H groups in total. The Morgan fingerprint density at radius 1 is 1.05 bits per heavy atom. The number of rotatable bonds is 10. The Labute approximate surface area is 325 Å². The summed E-state index contributed by atoms with van der Waals surface area (Å²) < 4.78 is 25.5. The fraction of sp³-hybridized carbons (Fsp3) is 0.400. The molecule has 57 heavy (non-hydrogen) atoms. The van der Waals surface area contributed by atoms with Gasteiger partial charge in [-0.05, 0) is 69.9 Å².